The van der Waals surface area contributed by atoms with E-state index in [1.807, 2.05) is 6.92 Å². The summed E-state index contributed by atoms with van der Waals surface area (Å²) in [5.41, 5.74) is 2.26. The van der Waals surface area contributed by atoms with Gasteiger partial charge < -0.3 is 5.11 Å². The van der Waals surface area contributed by atoms with Crippen LogP contribution >= 0.6 is 0 Å². The molecule has 0 fully saturated rings. The summed E-state index contributed by atoms with van der Waals surface area (Å²) in [5, 5.41) is 9.36. The molecule has 16 heavy (non-hydrogen) atoms. The Morgan fingerprint density at radius 1 is 1.12 bits per heavy atom. The maximum Gasteiger partial charge on any atom is 0.178 e. The number of aromatic hydroxyl groups is 1. The maximum absolute atomic E-state index is 10.9. The average Bonchev–Trinajstić information content (AvgIpc) is 2.27. The van der Waals surface area contributed by atoms with Crippen molar-refractivity contribution in [3.05, 3.63) is 48.1 Å². The number of phenolic OH excluding ortho intramolecular Hbond substituents is 1. The Hall–Kier alpha value is -2.16. The molecule has 0 saturated carbocycles. The van der Waals surface area contributed by atoms with Gasteiger partial charge in [-0.05, 0) is 55.0 Å². The van der Waals surface area contributed by atoms with Gasteiger partial charge in [0, 0.05) is 0 Å². The van der Waals surface area contributed by atoms with E-state index in [0.717, 1.165) is 17.0 Å². The second kappa shape index (κ2) is 4.14. The minimum atomic E-state index is -0.0270. The number of ketones is 1. The van der Waals surface area contributed by atoms with Gasteiger partial charge >= 0.3 is 0 Å². The summed E-state index contributed by atoms with van der Waals surface area (Å²) < 4.78 is 0. The van der Waals surface area contributed by atoms with Gasteiger partial charge in [0.2, 0.25) is 0 Å². The number of benzene rings is 1. The molecule has 3 nitrogen and oxygen atoms in total. The molecule has 0 heterocycles. The molecule has 0 saturated heterocycles. The van der Waals surface area contributed by atoms with E-state index in [1.165, 1.54) is 12.2 Å². The van der Waals surface area contributed by atoms with Crippen molar-refractivity contribution in [2.24, 2.45) is 4.99 Å². The highest BCUT2D eigenvalue weighted by Gasteiger charge is 2.01. The molecule has 1 aliphatic carbocycles. The van der Waals surface area contributed by atoms with Gasteiger partial charge in [-0.1, -0.05) is 0 Å². The predicted molar refractivity (Wildman–Crippen MR) is 63.2 cm³/mol. The molecule has 0 radical (unpaired) electrons. The van der Waals surface area contributed by atoms with Gasteiger partial charge in [-0.25, -0.2) is 4.99 Å². The molecule has 0 bridgehead atoms. The van der Waals surface area contributed by atoms with Crippen molar-refractivity contribution in [2.75, 3.05) is 0 Å². The molecular formula is C13H11NO2. The summed E-state index contributed by atoms with van der Waals surface area (Å²) in [7, 11) is 0. The zero-order valence-electron chi connectivity index (χ0n) is 8.84. The van der Waals surface area contributed by atoms with Crippen LogP contribution in [0.25, 0.3) is 0 Å². The Bertz CT molecular complexity index is 507. The zero-order chi connectivity index (χ0) is 11.5. The number of hydrogen-bond acceptors (Lipinski definition) is 3. The monoisotopic (exact) mass is 213 g/mol. The summed E-state index contributed by atoms with van der Waals surface area (Å²) in [4.78, 5) is 15.2. The molecule has 0 unspecified atom stereocenters. The van der Waals surface area contributed by atoms with Crippen LogP contribution in [-0.2, 0) is 4.79 Å². The van der Waals surface area contributed by atoms with Crippen molar-refractivity contribution in [3.8, 4) is 5.75 Å². The molecule has 0 atom stereocenters. The lowest BCUT2D eigenvalue weighted by atomic mass is 10.1. The van der Waals surface area contributed by atoms with Gasteiger partial charge in [0.15, 0.2) is 5.78 Å². The molecular weight excluding hydrogens is 202 g/mol. The van der Waals surface area contributed by atoms with Crippen LogP contribution in [-0.4, -0.2) is 16.6 Å². The lowest BCUT2D eigenvalue weighted by Crippen LogP contribution is -1.98. The number of hydrogen-bond donors (Lipinski definition) is 1. The molecule has 0 amide bonds. The SMILES string of the molecule is Cc1cc(N=C2C=CC(=O)C=C2)ccc1O. The Morgan fingerprint density at radius 2 is 1.81 bits per heavy atom. The van der Waals surface area contributed by atoms with Gasteiger partial charge in [0.1, 0.15) is 5.75 Å². The molecule has 0 aliphatic heterocycles. The first-order valence-electron chi connectivity index (χ1n) is 4.93. The molecule has 1 aromatic rings. The first-order chi connectivity index (χ1) is 7.65. The Kier molecular flexibility index (Phi) is 2.68. The molecule has 1 aromatic carbocycles. The third-order valence-electron chi connectivity index (χ3n) is 2.28. The summed E-state index contributed by atoms with van der Waals surface area (Å²) in [6, 6.07) is 5.13. The van der Waals surface area contributed by atoms with E-state index in [0.29, 0.717) is 0 Å². The molecule has 0 spiro atoms. The quantitative estimate of drug-likeness (QED) is 0.728. The minimum absolute atomic E-state index is 0.0270. The first-order valence-corrected chi connectivity index (χ1v) is 4.93. The van der Waals surface area contributed by atoms with Gasteiger partial charge in [-0.2, -0.15) is 0 Å². The molecule has 3 heteroatoms. The summed E-state index contributed by atoms with van der Waals surface area (Å²) in [6.07, 6.45) is 6.30. The van der Waals surface area contributed by atoms with Crippen molar-refractivity contribution in [2.45, 2.75) is 6.92 Å². The van der Waals surface area contributed by atoms with Crippen molar-refractivity contribution < 1.29 is 9.90 Å². The van der Waals surface area contributed by atoms with Crippen LogP contribution in [0, 0.1) is 6.92 Å². The highest BCUT2D eigenvalue weighted by molar-refractivity contribution is 6.17. The summed E-state index contributed by atoms with van der Waals surface area (Å²) >= 11 is 0. The summed E-state index contributed by atoms with van der Waals surface area (Å²) in [5.74, 6) is 0.231. The molecule has 2 rings (SSSR count). The second-order valence-corrected chi connectivity index (χ2v) is 3.58. The van der Waals surface area contributed by atoms with Crippen LogP contribution < -0.4 is 0 Å². The lowest BCUT2D eigenvalue weighted by Gasteiger charge is -2.02. The third-order valence-corrected chi connectivity index (χ3v) is 2.28. The fourth-order valence-electron chi connectivity index (χ4n) is 1.38. The number of phenols is 1. The average molecular weight is 213 g/mol. The molecule has 1 N–H and O–H groups in total. The Morgan fingerprint density at radius 3 is 2.44 bits per heavy atom. The number of aliphatic imine (C=N–C) groups is 1. The normalized spacial score (nSPS) is 14.3. The number of rotatable bonds is 1. The van der Waals surface area contributed by atoms with E-state index in [2.05, 4.69) is 4.99 Å². The van der Waals surface area contributed by atoms with Crippen LogP contribution in [0.2, 0.25) is 0 Å². The predicted octanol–water partition coefficient (Wildman–Crippen LogP) is 2.47. The van der Waals surface area contributed by atoms with E-state index < -0.39 is 0 Å². The van der Waals surface area contributed by atoms with Crippen LogP contribution in [0.5, 0.6) is 5.75 Å². The van der Waals surface area contributed by atoms with E-state index >= 15 is 0 Å². The second-order valence-electron chi connectivity index (χ2n) is 3.58. The van der Waals surface area contributed by atoms with Crippen LogP contribution in [0.4, 0.5) is 5.69 Å². The van der Waals surface area contributed by atoms with Crippen LogP contribution in [0.3, 0.4) is 0 Å². The number of aryl methyl sites for hydroxylation is 1. The van der Waals surface area contributed by atoms with Crippen molar-refractivity contribution >= 4 is 17.2 Å². The van der Waals surface area contributed by atoms with E-state index in [-0.39, 0.29) is 11.5 Å². The number of carbonyl (C=O) groups is 1. The van der Waals surface area contributed by atoms with Crippen molar-refractivity contribution in [1.82, 2.24) is 0 Å². The standard InChI is InChI=1S/C13H11NO2/c1-9-8-11(4-7-13(9)16)14-10-2-5-12(15)6-3-10/h2-8,16H,1H3. The Labute approximate surface area is 93.5 Å². The van der Waals surface area contributed by atoms with Crippen molar-refractivity contribution in [1.29, 1.82) is 0 Å². The zero-order valence-corrected chi connectivity index (χ0v) is 8.84. The third kappa shape index (κ3) is 2.25. The van der Waals surface area contributed by atoms with Gasteiger partial charge in [0.25, 0.3) is 0 Å². The number of allylic oxidation sites excluding steroid dienone is 4. The maximum atomic E-state index is 10.9. The minimum Gasteiger partial charge on any atom is -0.508 e. The van der Waals surface area contributed by atoms with Crippen LogP contribution in [0.15, 0.2) is 47.5 Å². The van der Waals surface area contributed by atoms with Crippen LogP contribution in [0.1, 0.15) is 5.56 Å². The first kappa shape index (κ1) is 10.4. The smallest absolute Gasteiger partial charge is 0.178 e. The van der Waals surface area contributed by atoms with E-state index in [4.69, 9.17) is 0 Å². The van der Waals surface area contributed by atoms with Crippen molar-refractivity contribution in [3.63, 3.8) is 0 Å². The topological polar surface area (TPSA) is 49.7 Å². The van der Waals surface area contributed by atoms with Gasteiger partial charge in [-0.15, -0.1) is 0 Å². The molecule has 80 valence electrons. The van der Waals surface area contributed by atoms with Gasteiger partial charge in [0.05, 0.1) is 11.4 Å². The Balaban J connectivity index is 2.30. The fraction of sp³-hybridized carbons (Fsp3) is 0.0769. The highest BCUT2D eigenvalue weighted by Crippen LogP contribution is 2.22. The molecule has 1 aliphatic rings. The fourth-order valence-corrected chi connectivity index (χ4v) is 1.38. The van der Waals surface area contributed by atoms with E-state index in [1.54, 1.807) is 30.4 Å². The number of nitrogens with zero attached hydrogens (tertiary/aromatic N) is 1. The van der Waals surface area contributed by atoms with Gasteiger partial charge in [-0.3, -0.25) is 4.79 Å². The summed E-state index contributed by atoms with van der Waals surface area (Å²) in [6.45, 7) is 1.81. The number of carbonyl (C=O) groups excluding carboxylic acids is 1. The lowest BCUT2D eigenvalue weighted by molar-refractivity contribution is -0.110. The largest absolute Gasteiger partial charge is 0.508 e. The van der Waals surface area contributed by atoms with E-state index in [9.17, 15) is 9.90 Å². The molecule has 0 aromatic heterocycles. The highest BCUT2D eigenvalue weighted by atomic mass is 16.3.